The first-order valence-corrected chi connectivity index (χ1v) is 8.78. The van der Waals surface area contributed by atoms with Crippen molar-refractivity contribution >= 4 is 22.9 Å². The second-order valence-corrected chi connectivity index (χ2v) is 7.05. The molecule has 0 aromatic carbocycles. The summed E-state index contributed by atoms with van der Waals surface area (Å²) in [5.74, 6) is 0.793. The van der Waals surface area contributed by atoms with E-state index in [1.54, 1.807) is 11.3 Å². The molecule has 0 spiro atoms. The molecule has 1 saturated heterocycles. The van der Waals surface area contributed by atoms with E-state index >= 15 is 0 Å². The maximum Gasteiger partial charge on any atom is 0.290 e. The molecule has 1 N–H and O–H groups in total. The number of ether oxygens (including phenoxy) is 1. The number of aromatic nitrogens is 2. The summed E-state index contributed by atoms with van der Waals surface area (Å²) in [5.41, 5.74) is 0. The Morgan fingerprint density at radius 2 is 2.14 bits per heavy atom. The summed E-state index contributed by atoms with van der Waals surface area (Å²) in [7, 11) is 0. The van der Waals surface area contributed by atoms with Crippen LogP contribution in [0, 0.1) is 12.8 Å². The molecule has 124 valence electrons. The van der Waals surface area contributed by atoms with Crippen LogP contribution >= 0.6 is 11.3 Å². The van der Waals surface area contributed by atoms with E-state index in [0.717, 1.165) is 29.1 Å². The smallest absolute Gasteiger partial charge is 0.290 e. The number of carbonyl (C=O) groups is 1. The minimum absolute atomic E-state index is 0.250. The fraction of sp³-hybridized carbons (Fsp3) is 0.800. The van der Waals surface area contributed by atoms with Gasteiger partial charge in [0.2, 0.25) is 5.13 Å². The van der Waals surface area contributed by atoms with Crippen LogP contribution in [0.4, 0.5) is 5.13 Å². The van der Waals surface area contributed by atoms with Gasteiger partial charge >= 0.3 is 0 Å². The van der Waals surface area contributed by atoms with Crippen LogP contribution in [0.15, 0.2) is 0 Å². The normalized spacial score (nSPS) is 24.5. The molecule has 3 rings (SSSR count). The maximum atomic E-state index is 8.36. The summed E-state index contributed by atoms with van der Waals surface area (Å²) in [6.45, 7) is 6.00. The first kappa shape index (κ1) is 17.1. The van der Waals surface area contributed by atoms with E-state index < -0.39 is 0 Å². The van der Waals surface area contributed by atoms with Gasteiger partial charge in [-0.2, -0.15) is 0 Å². The van der Waals surface area contributed by atoms with E-state index in [1.165, 1.54) is 32.1 Å². The van der Waals surface area contributed by atoms with Crippen molar-refractivity contribution in [3.05, 3.63) is 5.01 Å². The highest BCUT2D eigenvalue weighted by molar-refractivity contribution is 7.15. The highest BCUT2D eigenvalue weighted by Crippen LogP contribution is 2.38. The van der Waals surface area contributed by atoms with Crippen molar-refractivity contribution in [2.75, 3.05) is 18.0 Å². The second kappa shape index (κ2) is 8.43. The van der Waals surface area contributed by atoms with Gasteiger partial charge in [0.25, 0.3) is 6.47 Å². The molecular formula is C15H25N3O3S. The van der Waals surface area contributed by atoms with Gasteiger partial charge in [-0.25, -0.2) is 0 Å². The number of hydrogen-bond donors (Lipinski definition) is 1. The molecule has 2 aliphatic rings. The van der Waals surface area contributed by atoms with E-state index in [2.05, 4.69) is 22.0 Å². The average molecular weight is 327 g/mol. The standard InChI is InChI=1S/C14H23N3OS.CH2O2/c1-3-4-5-12-8-17(14-16-15-10(2)19-14)9-13(18-12)11-6-7-11;2-1-3/h11-13H,3-9H2,1-2H3;1H,(H,2,3)/t12-,13-;/m1./s1. The van der Waals surface area contributed by atoms with Gasteiger partial charge in [0.15, 0.2) is 0 Å². The van der Waals surface area contributed by atoms with Crippen LogP contribution in [0.25, 0.3) is 0 Å². The number of aryl methyl sites for hydroxylation is 1. The van der Waals surface area contributed by atoms with Crippen LogP contribution in [0.1, 0.15) is 44.0 Å². The molecule has 22 heavy (non-hydrogen) atoms. The molecule has 1 aromatic rings. The lowest BCUT2D eigenvalue weighted by molar-refractivity contribution is -0.122. The summed E-state index contributed by atoms with van der Waals surface area (Å²) >= 11 is 1.70. The zero-order chi connectivity index (χ0) is 15.9. The molecule has 1 aliphatic carbocycles. The highest BCUT2D eigenvalue weighted by atomic mass is 32.1. The summed E-state index contributed by atoms with van der Waals surface area (Å²) in [6, 6.07) is 0. The van der Waals surface area contributed by atoms with Crippen molar-refractivity contribution in [1.29, 1.82) is 0 Å². The van der Waals surface area contributed by atoms with Crippen LogP contribution in [0.3, 0.4) is 0 Å². The van der Waals surface area contributed by atoms with Gasteiger partial charge in [0.05, 0.1) is 12.2 Å². The predicted molar refractivity (Wildman–Crippen MR) is 86.5 cm³/mol. The van der Waals surface area contributed by atoms with E-state index in [4.69, 9.17) is 14.6 Å². The number of unbranched alkanes of at least 4 members (excludes halogenated alkanes) is 1. The first-order chi connectivity index (χ1) is 10.7. The van der Waals surface area contributed by atoms with E-state index in [0.29, 0.717) is 12.2 Å². The van der Waals surface area contributed by atoms with Crippen LogP contribution in [0.2, 0.25) is 0 Å². The molecule has 6 nitrogen and oxygen atoms in total. The van der Waals surface area contributed by atoms with Crippen LogP contribution in [-0.4, -0.2) is 47.1 Å². The van der Waals surface area contributed by atoms with E-state index in [9.17, 15) is 0 Å². The van der Waals surface area contributed by atoms with Crippen molar-refractivity contribution in [2.45, 2.75) is 58.2 Å². The second-order valence-electron chi connectivity index (χ2n) is 5.89. The molecule has 0 amide bonds. The van der Waals surface area contributed by atoms with Gasteiger partial charge in [0.1, 0.15) is 5.01 Å². The van der Waals surface area contributed by atoms with Gasteiger partial charge in [-0.1, -0.05) is 31.1 Å². The van der Waals surface area contributed by atoms with Gasteiger partial charge in [0, 0.05) is 13.1 Å². The first-order valence-electron chi connectivity index (χ1n) is 7.96. The Morgan fingerprint density at radius 1 is 1.41 bits per heavy atom. The third-order valence-electron chi connectivity index (χ3n) is 4.00. The quantitative estimate of drug-likeness (QED) is 0.838. The zero-order valence-electron chi connectivity index (χ0n) is 13.3. The average Bonchev–Trinajstić information content (AvgIpc) is 3.27. The number of anilines is 1. The van der Waals surface area contributed by atoms with Crippen molar-refractivity contribution in [3.8, 4) is 0 Å². The fourth-order valence-corrected chi connectivity index (χ4v) is 3.47. The number of carboxylic acid groups (broad SMARTS) is 1. The van der Waals surface area contributed by atoms with Gasteiger partial charge in [-0.05, 0) is 32.1 Å². The molecule has 1 aliphatic heterocycles. The lowest BCUT2D eigenvalue weighted by atomic mass is 10.1. The minimum atomic E-state index is -0.250. The number of morpholine rings is 1. The van der Waals surface area contributed by atoms with E-state index in [1.807, 2.05) is 6.92 Å². The number of nitrogens with zero attached hydrogens (tertiary/aromatic N) is 3. The molecule has 1 saturated carbocycles. The summed E-state index contributed by atoms with van der Waals surface area (Å²) < 4.78 is 6.29. The molecule has 0 unspecified atom stereocenters. The lowest BCUT2D eigenvalue weighted by Crippen LogP contribution is -2.48. The summed E-state index contributed by atoms with van der Waals surface area (Å²) in [4.78, 5) is 10.8. The van der Waals surface area contributed by atoms with Crippen LogP contribution < -0.4 is 4.90 Å². The van der Waals surface area contributed by atoms with Gasteiger partial charge < -0.3 is 14.7 Å². The Kier molecular flexibility index (Phi) is 6.57. The number of rotatable bonds is 5. The Balaban J connectivity index is 0.000000545. The van der Waals surface area contributed by atoms with Crippen LogP contribution in [0.5, 0.6) is 0 Å². The Bertz CT molecular complexity index is 465. The van der Waals surface area contributed by atoms with Crippen molar-refractivity contribution in [3.63, 3.8) is 0 Å². The van der Waals surface area contributed by atoms with Crippen LogP contribution in [-0.2, 0) is 9.53 Å². The minimum Gasteiger partial charge on any atom is -0.483 e. The molecule has 2 heterocycles. The number of hydrogen-bond acceptors (Lipinski definition) is 6. The Labute approximate surface area is 135 Å². The van der Waals surface area contributed by atoms with Gasteiger partial charge in [-0.3, -0.25) is 4.79 Å². The molecule has 1 aromatic heterocycles. The van der Waals surface area contributed by atoms with Crippen molar-refractivity contribution in [1.82, 2.24) is 10.2 Å². The topological polar surface area (TPSA) is 75.5 Å². The Hall–Kier alpha value is -1.21. The summed E-state index contributed by atoms with van der Waals surface area (Å²) in [6.07, 6.45) is 7.15. The predicted octanol–water partition coefficient (Wildman–Crippen LogP) is 2.72. The molecule has 7 heteroatoms. The van der Waals surface area contributed by atoms with Gasteiger partial charge in [-0.15, -0.1) is 10.2 Å². The zero-order valence-corrected chi connectivity index (χ0v) is 14.1. The third kappa shape index (κ3) is 4.91. The van der Waals surface area contributed by atoms with Crippen molar-refractivity contribution in [2.24, 2.45) is 5.92 Å². The summed E-state index contributed by atoms with van der Waals surface area (Å²) in [5, 5.41) is 17.5. The van der Waals surface area contributed by atoms with Crippen molar-refractivity contribution < 1.29 is 14.6 Å². The third-order valence-corrected chi connectivity index (χ3v) is 4.90. The fourth-order valence-electron chi connectivity index (χ4n) is 2.76. The molecular weight excluding hydrogens is 302 g/mol. The molecule has 0 bridgehead atoms. The SMILES string of the molecule is CCCC[C@@H]1CN(c2nnc(C)s2)C[C@H](C2CC2)O1.O=CO. The lowest BCUT2D eigenvalue weighted by Gasteiger charge is -2.38. The molecule has 0 radical (unpaired) electrons. The molecule has 2 atom stereocenters. The Morgan fingerprint density at radius 3 is 2.68 bits per heavy atom. The highest BCUT2D eigenvalue weighted by Gasteiger charge is 2.38. The monoisotopic (exact) mass is 327 g/mol. The molecule has 2 fully saturated rings. The van der Waals surface area contributed by atoms with E-state index in [-0.39, 0.29) is 6.47 Å². The largest absolute Gasteiger partial charge is 0.483 e. The maximum absolute atomic E-state index is 8.36.